The summed E-state index contributed by atoms with van der Waals surface area (Å²) in [5, 5.41) is 0. The van der Waals surface area contributed by atoms with E-state index >= 15 is 0 Å². The summed E-state index contributed by atoms with van der Waals surface area (Å²) in [4.78, 5) is 28.4. The monoisotopic (exact) mass is 436 g/mol. The molecule has 0 bridgehead atoms. The average Bonchev–Trinajstić information content (AvgIpc) is 3.23. The lowest BCUT2D eigenvalue weighted by Gasteiger charge is -2.33. The number of aryl methyl sites for hydroxylation is 1. The quantitative estimate of drug-likeness (QED) is 0.595. The molecule has 1 atom stereocenters. The van der Waals surface area contributed by atoms with Gasteiger partial charge in [-0.05, 0) is 30.7 Å². The Labute approximate surface area is 182 Å². The molecule has 0 aromatic heterocycles. The van der Waals surface area contributed by atoms with Crippen LogP contribution < -0.4 is 9.80 Å². The molecule has 2 amide bonds. The topological polar surface area (TPSA) is 40.6 Å². The van der Waals surface area contributed by atoms with Crippen LogP contribution in [-0.4, -0.2) is 17.6 Å². The molecule has 3 aromatic carbocycles. The maximum absolute atomic E-state index is 14.0. The van der Waals surface area contributed by atoms with E-state index in [0.717, 1.165) is 23.3 Å². The maximum atomic E-state index is 14.0. The number of amides is 2. The molecule has 2 aliphatic rings. The van der Waals surface area contributed by atoms with Crippen molar-refractivity contribution in [2.24, 2.45) is 0 Å². The molecule has 0 N–H and O–H groups in total. The van der Waals surface area contributed by atoms with Crippen LogP contribution in [0, 0.1) is 18.6 Å². The Balaban J connectivity index is 1.63. The Bertz CT molecular complexity index is 1210. The first-order chi connectivity index (χ1) is 14.9. The summed E-state index contributed by atoms with van der Waals surface area (Å²) in [6.45, 7) is 2.34. The highest BCUT2D eigenvalue weighted by Gasteiger charge is 2.60. The first-order valence-electron chi connectivity index (χ1n) is 9.81. The van der Waals surface area contributed by atoms with Gasteiger partial charge in [-0.3, -0.25) is 14.5 Å². The Hall–Kier alpha value is -3.19. The van der Waals surface area contributed by atoms with Crippen molar-refractivity contribution in [3.63, 3.8) is 0 Å². The van der Waals surface area contributed by atoms with Gasteiger partial charge >= 0.3 is 0 Å². The molecule has 4 nitrogen and oxygen atoms in total. The fourth-order valence-electron chi connectivity index (χ4n) is 4.21. The lowest BCUT2D eigenvalue weighted by atomic mass is 10.0. The summed E-state index contributed by atoms with van der Waals surface area (Å²) in [6.07, 6.45) is 0. The van der Waals surface area contributed by atoms with Gasteiger partial charge in [-0.25, -0.2) is 8.78 Å². The van der Waals surface area contributed by atoms with E-state index in [4.69, 9.17) is 0 Å². The molecule has 31 heavy (non-hydrogen) atoms. The predicted octanol–water partition coefficient (Wildman–Crippen LogP) is 4.75. The number of hydrogen-bond donors (Lipinski definition) is 0. The number of hydrogen-bond acceptors (Lipinski definition) is 3. The van der Waals surface area contributed by atoms with Gasteiger partial charge in [-0.15, -0.1) is 11.8 Å². The van der Waals surface area contributed by atoms with Crippen molar-refractivity contribution in [3.05, 3.63) is 95.1 Å². The molecule has 0 radical (unpaired) electrons. The Morgan fingerprint density at radius 1 is 0.968 bits per heavy atom. The Morgan fingerprint density at radius 2 is 1.71 bits per heavy atom. The van der Waals surface area contributed by atoms with Gasteiger partial charge in [0, 0.05) is 17.3 Å². The number of nitrogens with zero attached hydrogens (tertiary/aromatic N) is 2. The molecule has 1 spiro atoms. The van der Waals surface area contributed by atoms with E-state index in [2.05, 4.69) is 0 Å². The normalized spacial score (nSPS) is 20.1. The summed E-state index contributed by atoms with van der Waals surface area (Å²) in [6, 6.07) is 18.5. The number of benzene rings is 3. The van der Waals surface area contributed by atoms with Gasteiger partial charge in [-0.1, -0.05) is 48.0 Å². The third-order valence-electron chi connectivity index (χ3n) is 5.69. The molecule has 2 aliphatic heterocycles. The minimum Gasteiger partial charge on any atom is -0.304 e. The number of halogens is 2. The lowest BCUT2D eigenvalue weighted by molar-refractivity contribution is -0.123. The summed E-state index contributed by atoms with van der Waals surface area (Å²) in [5.74, 6) is -2.59. The van der Waals surface area contributed by atoms with Gasteiger partial charge in [0.15, 0.2) is 11.6 Å². The standard InChI is InChI=1S/C24H18F2N2O2S/c1-15-6-8-16(9-7-15)13-27-21-5-3-2-4-18(21)24(23(27)30)28(22(29)14-31-24)17-10-11-19(25)20(26)12-17/h2-12H,13-14H2,1H3/t24-/m1/s1. The molecule has 1 saturated heterocycles. The molecule has 0 aliphatic carbocycles. The molecule has 5 rings (SSSR count). The van der Waals surface area contributed by atoms with Crippen molar-refractivity contribution in [2.45, 2.75) is 18.3 Å². The van der Waals surface area contributed by atoms with E-state index in [0.29, 0.717) is 17.8 Å². The third kappa shape index (κ3) is 2.95. The van der Waals surface area contributed by atoms with Gasteiger partial charge in [0.2, 0.25) is 10.8 Å². The summed E-state index contributed by atoms with van der Waals surface area (Å²) in [7, 11) is 0. The Morgan fingerprint density at radius 3 is 2.45 bits per heavy atom. The molecular formula is C24H18F2N2O2S. The van der Waals surface area contributed by atoms with Crippen LogP contribution in [0.15, 0.2) is 66.7 Å². The van der Waals surface area contributed by atoms with E-state index in [-0.39, 0.29) is 23.3 Å². The van der Waals surface area contributed by atoms with Crippen LogP contribution in [0.25, 0.3) is 0 Å². The number of thioether (sulfide) groups is 1. The second-order valence-corrected chi connectivity index (χ2v) is 8.82. The van der Waals surface area contributed by atoms with Crippen LogP contribution in [0.5, 0.6) is 0 Å². The number of fused-ring (bicyclic) bond motifs is 2. The fourth-order valence-corrected chi connectivity index (χ4v) is 5.57. The van der Waals surface area contributed by atoms with Crippen molar-refractivity contribution < 1.29 is 18.4 Å². The number of carbonyl (C=O) groups is 2. The first-order valence-corrected chi connectivity index (χ1v) is 10.8. The van der Waals surface area contributed by atoms with E-state index in [1.54, 1.807) is 4.90 Å². The smallest absolute Gasteiger partial charge is 0.269 e. The first kappa shape index (κ1) is 19.8. The van der Waals surface area contributed by atoms with Crippen LogP contribution in [0.1, 0.15) is 16.7 Å². The van der Waals surface area contributed by atoms with Crippen LogP contribution >= 0.6 is 11.8 Å². The van der Waals surface area contributed by atoms with Crippen LogP contribution in [0.3, 0.4) is 0 Å². The Kier molecular flexibility index (Phi) is 4.59. The van der Waals surface area contributed by atoms with Crippen LogP contribution in [-0.2, 0) is 21.0 Å². The second kappa shape index (κ2) is 7.20. The molecule has 0 unspecified atom stereocenters. The number of para-hydroxylation sites is 1. The molecule has 3 aromatic rings. The predicted molar refractivity (Wildman–Crippen MR) is 117 cm³/mol. The molecular weight excluding hydrogens is 418 g/mol. The lowest BCUT2D eigenvalue weighted by Crippen LogP contribution is -2.49. The summed E-state index contributed by atoms with van der Waals surface area (Å²) >= 11 is 1.21. The van der Waals surface area contributed by atoms with Gasteiger partial charge < -0.3 is 4.90 Å². The van der Waals surface area contributed by atoms with Crippen LogP contribution in [0.4, 0.5) is 20.2 Å². The van der Waals surface area contributed by atoms with Crippen molar-refractivity contribution in [2.75, 3.05) is 15.6 Å². The zero-order valence-electron chi connectivity index (χ0n) is 16.6. The van der Waals surface area contributed by atoms with Gasteiger partial charge in [0.1, 0.15) is 0 Å². The highest BCUT2D eigenvalue weighted by molar-refractivity contribution is 8.02. The van der Waals surface area contributed by atoms with Crippen molar-refractivity contribution in [1.29, 1.82) is 0 Å². The van der Waals surface area contributed by atoms with E-state index in [1.807, 2.05) is 55.5 Å². The largest absolute Gasteiger partial charge is 0.304 e. The molecule has 1 fully saturated rings. The molecule has 7 heteroatoms. The van der Waals surface area contributed by atoms with Crippen LogP contribution in [0.2, 0.25) is 0 Å². The maximum Gasteiger partial charge on any atom is 0.269 e. The molecule has 2 heterocycles. The number of rotatable bonds is 3. The minimum atomic E-state index is -1.34. The zero-order valence-corrected chi connectivity index (χ0v) is 17.5. The van der Waals surface area contributed by atoms with Gasteiger partial charge in [0.25, 0.3) is 5.91 Å². The highest BCUT2D eigenvalue weighted by atomic mass is 32.2. The minimum absolute atomic E-state index is 0.0669. The molecule has 156 valence electrons. The van der Waals surface area contributed by atoms with Crippen molar-refractivity contribution in [3.8, 4) is 0 Å². The highest BCUT2D eigenvalue weighted by Crippen LogP contribution is 2.56. The molecule has 0 saturated carbocycles. The van der Waals surface area contributed by atoms with E-state index in [1.165, 1.54) is 22.7 Å². The van der Waals surface area contributed by atoms with E-state index in [9.17, 15) is 18.4 Å². The third-order valence-corrected chi connectivity index (χ3v) is 7.07. The number of anilines is 2. The fraction of sp³-hybridized carbons (Fsp3) is 0.167. The van der Waals surface area contributed by atoms with Gasteiger partial charge in [-0.2, -0.15) is 0 Å². The van der Waals surface area contributed by atoms with Crippen molar-refractivity contribution in [1.82, 2.24) is 0 Å². The van der Waals surface area contributed by atoms with E-state index < -0.39 is 16.5 Å². The summed E-state index contributed by atoms with van der Waals surface area (Å²) in [5.41, 5.74) is 3.62. The zero-order chi connectivity index (χ0) is 21.8. The van der Waals surface area contributed by atoms with Crippen molar-refractivity contribution >= 4 is 35.0 Å². The second-order valence-electron chi connectivity index (χ2n) is 7.65. The average molecular weight is 436 g/mol. The summed E-state index contributed by atoms with van der Waals surface area (Å²) < 4.78 is 27.6. The SMILES string of the molecule is Cc1ccc(CN2C(=O)[C@]3(SCC(=O)N3c3ccc(F)c(F)c3)c3ccccc32)cc1. The number of carbonyl (C=O) groups excluding carboxylic acids is 2. The van der Waals surface area contributed by atoms with Gasteiger partial charge in [0.05, 0.1) is 18.0 Å².